The van der Waals surface area contributed by atoms with Crippen LogP contribution in [0, 0.1) is 5.92 Å². The number of carbonyl (C=O) groups is 6. The summed E-state index contributed by atoms with van der Waals surface area (Å²) in [6.07, 6.45) is 3.08. The van der Waals surface area contributed by atoms with Gasteiger partial charge in [-0.25, -0.2) is 4.79 Å². The topological polar surface area (TPSA) is 236 Å². The molecule has 1 aliphatic heterocycles. The third-order valence-electron chi connectivity index (χ3n) is 11.0. The molecule has 60 heavy (non-hydrogen) atoms. The first kappa shape index (κ1) is 44.9. The lowest BCUT2D eigenvalue weighted by atomic mass is 9.96. The van der Waals surface area contributed by atoms with Crippen LogP contribution < -0.4 is 27.0 Å². The highest BCUT2D eigenvalue weighted by Gasteiger charge is 2.37. The van der Waals surface area contributed by atoms with Crippen LogP contribution in [0.25, 0.3) is 10.9 Å². The van der Waals surface area contributed by atoms with Crippen molar-refractivity contribution < 1.29 is 39.0 Å². The summed E-state index contributed by atoms with van der Waals surface area (Å²) in [5.41, 5.74) is 9.82. The Labute approximate surface area is 349 Å². The predicted octanol–water partition coefficient (Wildman–Crippen LogP) is 3.22. The number of nitrogens with zero attached hydrogens (tertiary/aromatic N) is 1. The lowest BCUT2D eigenvalue weighted by Gasteiger charge is -2.29. The van der Waals surface area contributed by atoms with E-state index in [1.807, 2.05) is 38.1 Å². The lowest BCUT2D eigenvalue weighted by Crippen LogP contribution is -2.59. The van der Waals surface area contributed by atoms with Crippen molar-refractivity contribution in [1.82, 2.24) is 31.2 Å². The van der Waals surface area contributed by atoms with Gasteiger partial charge in [0.25, 0.3) is 0 Å². The average molecular weight is 824 g/mol. The van der Waals surface area contributed by atoms with Gasteiger partial charge in [0, 0.05) is 48.3 Å². The quantitative estimate of drug-likeness (QED) is 0.0653. The van der Waals surface area contributed by atoms with Gasteiger partial charge in [-0.2, -0.15) is 0 Å². The number of aromatic nitrogens is 1. The molecule has 5 rings (SSSR count). The van der Waals surface area contributed by atoms with E-state index in [4.69, 9.17) is 5.73 Å². The van der Waals surface area contributed by atoms with Gasteiger partial charge in [0.1, 0.15) is 36.5 Å². The number of phenols is 1. The van der Waals surface area contributed by atoms with Crippen LogP contribution in [0.3, 0.4) is 0 Å². The Bertz CT molecular complexity index is 2120. The average Bonchev–Trinajstić information content (AvgIpc) is 3.51. The van der Waals surface area contributed by atoms with E-state index < -0.39 is 78.2 Å². The molecule has 3 aromatic carbocycles. The number of H-pyrrole nitrogens is 1. The standard InChI is InChI=1S/C45H57N7O8/c1-4-6-14-30(46)23-39(54)48-35(21-29-17-19-31(53)20-18-29)42(56)51-41(27(3)5-2)43(57)50-36-24-33-32-15-10-11-16-34(32)47-38(33)25-52(44(36)58)26-40(55)49-37(45(59)60)22-28-12-8-7-9-13-28/h7-13,15-20,27,30,35-37,41,47,53H,4-6,14,21-26,46H2,1-3H3,(H,48,54)(H,49,55)(H,50,57)(H,51,56)(H,59,60)/t27-,30+,35-,36-,37-,41-/m0/s1. The van der Waals surface area contributed by atoms with Gasteiger partial charge in [0.15, 0.2) is 0 Å². The maximum absolute atomic E-state index is 14.4. The van der Waals surface area contributed by atoms with Crippen molar-refractivity contribution in [2.75, 3.05) is 6.54 Å². The minimum atomic E-state index is -1.25. The number of carboxylic acids is 1. The van der Waals surface area contributed by atoms with E-state index in [0.29, 0.717) is 29.7 Å². The van der Waals surface area contributed by atoms with Crippen molar-refractivity contribution in [3.8, 4) is 5.75 Å². The minimum Gasteiger partial charge on any atom is -0.508 e. The molecule has 0 bridgehead atoms. The van der Waals surface area contributed by atoms with Gasteiger partial charge in [-0.05, 0) is 47.2 Å². The summed E-state index contributed by atoms with van der Waals surface area (Å²) in [5, 5.41) is 31.7. The second kappa shape index (κ2) is 21.2. The minimum absolute atomic E-state index is 0.00671. The second-order valence-corrected chi connectivity index (χ2v) is 15.7. The molecular formula is C45H57N7O8. The van der Waals surface area contributed by atoms with E-state index >= 15 is 0 Å². The first-order chi connectivity index (χ1) is 28.8. The van der Waals surface area contributed by atoms with Crippen LogP contribution in [0.15, 0.2) is 78.9 Å². The summed E-state index contributed by atoms with van der Waals surface area (Å²) in [6.45, 7) is 5.20. The smallest absolute Gasteiger partial charge is 0.326 e. The van der Waals surface area contributed by atoms with Crippen molar-refractivity contribution in [2.45, 2.75) is 109 Å². The normalized spacial score (nSPS) is 16.4. The van der Waals surface area contributed by atoms with Crippen LogP contribution in [-0.2, 0) is 54.6 Å². The molecule has 0 fully saturated rings. The maximum atomic E-state index is 14.4. The number of hydrogen-bond donors (Lipinski definition) is 8. The molecule has 15 nitrogen and oxygen atoms in total. The molecule has 1 aliphatic rings. The number of nitrogens with two attached hydrogens (primary N) is 1. The van der Waals surface area contributed by atoms with Crippen LogP contribution in [0.2, 0.25) is 0 Å². The number of nitrogens with one attached hydrogen (secondary N) is 5. The molecular weight excluding hydrogens is 767 g/mol. The number of phenolic OH excluding ortho intramolecular Hbond substituents is 1. The summed E-state index contributed by atoms with van der Waals surface area (Å²) in [7, 11) is 0. The van der Waals surface area contributed by atoms with Gasteiger partial charge in [-0.3, -0.25) is 24.0 Å². The Hall–Kier alpha value is -6.22. The largest absolute Gasteiger partial charge is 0.508 e. The number of aromatic amines is 1. The molecule has 0 spiro atoms. The Balaban J connectivity index is 1.37. The van der Waals surface area contributed by atoms with Gasteiger partial charge in [-0.1, -0.05) is 101 Å². The SMILES string of the molecule is CCCC[C@@H](N)CC(=O)N[C@@H](Cc1ccc(O)cc1)C(=O)N[C@H](C(=O)N[C@H]1Cc2c([nH]c3ccccc23)CN(CC(=O)N[C@@H](Cc2ccccc2)C(=O)O)C1=O)[C@@H](C)CC. The number of hydrogen-bond acceptors (Lipinski definition) is 8. The number of carbonyl (C=O) groups excluding carboxylic acids is 5. The summed E-state index contributed by atoms with van der Waals surface area (Å²) in [6, 6.07) is 17.6. The monoisotopic (exact) mass is 823 g/mol. The third kappa shape index (κ3) is 12.2. The Morgan fingerprint density at radius 2 is 1.50 bits per heavy atom. The number of unbranched alkanes of at least 4 members (excludes halogenated alkanes) is 1. The molecule has 320 valence electrons. The van der Waals surface area contributed by atoms with Crippen LogP contribution in [-0.4, -0.2) is 92.4 Å². The van der Waals surface area contributed by atoms with E-state index in [1.165, 1.54) is 17.0 Å². The molecule has 4 aromatic rings. The molecule has 0 radical (unpaired) electrons. The molecule has 1 aromatic heterocycles. The summed E-state index contributed by atoms with van der Waals surface area (Å²) >= 11 is 0. The number of aromatic hydroxyl groups is 1. The third-order valence-corrected chi connectivity index (χ3v) is 11.0. The Morgan fingerprint density at radius 3 is 2.18 bits per heavy atom. The highest BCUT2D eigenvalue weighted by Crippen LogP contribution is 2.28. The molecule has 0 unspecified atom stereocenters. The summed E-state index contributed by atoms with van der Waals surface area (Å²) in [4.78, 5) is 86.3. The number of aliphatic carboxylic acids is 1. The zero-order chi connectivity index (χ0) is 43.3. The lowest BCUT2D eigenvalue weighted by molar-refractivity contribution is -0.143. The van der Waals surface area contributed by atoms with Gasteiger partial charge >= 0.3 is 5.97 Å². The number of carboxylic acid groups (broad SMARTS) is 1. The van der Waals surface area contributed by atoms with Gasteiger partial charge < -0.3 is 47.1 Å². The Kier molecular flexibility index (Phi) is 15.8. The molecule has 2 heterocycles. The second-order valence-electron chi connectivity index (χ2n) is 15.7. The fraction of sp³-hybridized carbons (Fsp3) is 0.422. The van der Waals surface area contributed by atoms with E-state index in [0.717, 1.165) is 29.3 Å². The van der Waals surface area contributed by atoms with E-state index in [2.05, 4.69) is 26.3 Å². The molecule has 0 saturated carbocycles. The summed E-state index contributed by atoms with van der Waals surface area (Å²) in [5.74, 6) is -4.51. The highest BCUT2D eigenvalue weighted by atomic mass is 16.4. The number of para-hydroxylation sites is 1. The van der Waals surface area contributed by atoms with Gasteiger partial charge in [0.2, 0.25) is 29.5 Å². The molecule has 15 heteroatoms. The summed E-state index contributed by atoms with van der Waals surface area (Å²) < 4.78 is 0. The van der Waals surface area contributed by atoms with Crippen LogP contribution >= 0.6 is 0 Å². The fourth-order valence-corrected chi connectivity index (χ4v) is 7.47. The number of benzene rings is 3. The van der Waals surface area contributed by atoms with E-state index in [9.17, 15) is 39.0 Å². The van der Waals surface area contributed by atoms with Crippen molar-refractivity contribution in [2.24, 2.45) is 11.7 Å². The first-order valence-electron chi connectivity index (χ1n) is 20.6. The predicted molar refractivity (Wildman–Crippen MR) is 226 cm³/mol. The zero-order valence-corrected chi connectivity index (χ0v) is 34.4. The van der Waals surface area contributed by atoms with Crippen molar-refractivity contribution in [3.05, 3.63) is 101 Å². The van der Waals surface area contributed by atoms with E-state index in [1.54, 1.807) is 49.4 Å². The number of rotatable bonds is 20. The van der Waals surface area contributed by atoms with E-state index in [-0.39, 0.29) is 38.0 Å². The molecule has 6 atom stereocenters. The fourth-order valence-electron chi connectivity index (χ4n) is 7.47. The zero-order valence-electron chi connectivity index (χ0n) is 34.4. The molecule has 0 saturated heterocycles. The number of amides is 5. The maximum Gasteiger partial charge on any atom is 0.326 e. The highest BCUT2D eigenvalue weighted by molar-refractivity contribution is 5.97. The first-order valence-corrected chi connectivity index (χ1v) is 20.6. The van der Waals surface area contributed by atoms with Crippen LogP contribution in [0.5, 0.6) is 5.75 Å². The van der Waals surface area contributed by atoms with Gasteiger partial charge in [-0.15, -0.1) is 0 Å². The van der Waals surface area contributed by atoms with Crippen molar-refractivity contribution in [3.63, 3.8) is 0 Å². The Morgan fingerprint density at radius 1 is 0.850 bits per heavy atom. The van der Waals surface area contributed by atoms with Crippen molar-refractivity contribution >= 4 is 46.4 Å². The van der Waals surface area contributed by atoms with Crippen molar-refractivity contribution in [1.29, 1.82) is 0 Å². The number of fused-ring (bicyclic) bond motifs is 3. The molecule has 9 N–H and O–H groups in total. The van der Waals surface area contributed by atoms with Gasteiger partial charge in [0.05, 0.1) is 6.54 Å². The molecule has 5 amide bonds. The van der Waals surface area contributed by atoms with Crippen LogP contribution in [0.1, 0.15) is 75.3 Å². The molecule has 0 aliphatic carbocycles. The van der Waals surface area contributed by atoms with Crippen LogP contribution in [0.4, 0.5) is 0 Å².